The highest BCUT2D eigenvalue weighted by atomic mass is 32.2. The van der Waals surface area contributed by atoms with Crippen molar-refractivity contribution in [2.24, 2.45) is 0 Å². The number of thiazole rings is 1. The fourth-order valence-corrected chi connectivity index (χ4v) is 4.23. The van der Waals surface area contributed by atoms with Gasteiger partial charge in [0.15, 0.2) is 0 Å². The molecule has 0 saturated heterocycles. The average Bonchev–Trinajstić information content (AvgIpc) is 3.42. The van der Waals surface area contributed by atoms with Crippen LogP contribution >= 0.6 is 23.1 Å². The molecule has 0 radical (unpaired) electrons. The van der Waals surface area contributed by atoms with Gasteiger partial charge in [0.25, 0.3) is 5.22 Å². The van der Waals surface area contributed by atoms with Crippen LogP contribution < -0.4 is 4.74 Å². The normalized spacial score (nSPS) is 10.9. The van der Waals surface area contributed by atoms with E-state index in [2.05, 4.69) is 46.8 Å². The Balaban J connectivity index is 1.39. The Kier molecular flexibility index (Phi) is 5.73. The van der Waals surface area contributed by atoms with Gasteiger partial charge in [-0.3, -0.25) is 0 Å². The molecule has 4 aromatic rings. The van der Waals surface area contributed by atoms with Crippen LogP contribution in [0.15, 0.2) is 63.6 Å². The summed E-state index contributed by atoms with van der Waals surface area (Å²) in [6.07, 6.45) is 1.04. The molecule has 2 heterocycles. The van der Waals surface area contributed by atoms with Crippen molar-refractivity contribution in [3.8, 4) is 27.8 Å². The maximum absolute atomic E-state index is 5.76. The SMILES string of the molecule is CCc1ccc(-c2nc(CSc3nnc(-c4ccc(OC)cc4)o3)cs2)cc1. The molecule has 0 unspecified atom stereocenters. The molecule has 7 heteroatoms. The van der Waals surface area contributed by atoms with Crippen LogP contribution in [-0.4, -0.2) is 22.3 Å². The maximum atomic E-state index is 5.76. The summed E-state index contributed by atoms with van der Waals surface area (Å²) in [5, 5.41) is 11.9. The smallest absolute Gasteiger partial charge is 0.277 e. The van der Waals surface area contributed by atoms with Crippen LogP contribution in [0.25, 0.3) is 22.0 Å². The van der Waals surface area contributed by atoms with Crippen molar-refractivity contribution in [2.45, 2.75) is 24.3 Å². The second kappa shape index (κ2) is 8.58. The molecule has 0 fully saturated rings. The van der Waals surface area contributed by atoms with Gasteiger partial charge in [-0.2, -0.15) is 0 Å². The Morgan fingerprint density at radius 3 is 2.46 bits per heavy atom. The van der Waals surface area contributed by atoms with E-state index in [-0.39, 0.29) is 0 Å². The monoisotopic (exact) mass is 409 g/mol. The zero-order valence-electron chi connectivity index (χ0n) is 15.6. The van der Waals surface area contributed by atoms with E-state index in [9.17, 15) is 0 Å². The molecule has 0 atom stereocenters. The zero-order valence-corrected chi connectivity index (χ0v) is 17.2. The van der Waals surface area contributed by atoms with Crippen LogP contribution in [0.2, 0.25) is 0 Å². The third kappa shape index (κ3) is 4.26. The lowest BCUT2D eigenvalue weighted by atomic mass is 10.1. The molecule has 142 valence electrons. The van der Waals surface area contributed by atoms with Gasteiger partial charge < -0.3 is 9.15 Å². The lowest BCUT2D eigenvalue weighted by molar-refractivity contribution is 0.414. The number of nitrogens with zero attached hydrogens (tertiary/aromatic N) is 3. The Morgan fingerprint density at radius 1 is 1.00 bits per heavy atom. The molecule has 5 nitrogen and oxygen atoms in total. The second-order valence-electron chi connectivity index (χ2n) is 6.08. The van der Waals surface area contributed by atoms with E-state index in [0.717, 1.165) is 34.0 Å². The standard InChI is InChI=1S/C21H19N3O2S2/c1-3-14-4-6-16(7-5-14)20-22-17(12-27-20)13-28-21-24-23-19(26-21)15-8-10-18(25-2)11-9-15/h4-12H,3,13H2,1-2H3. The van der Waals surface area contributed by atoms with Crippen molar-refractivity contribution >= 4 is 23.1 Å². The van der Waals surface area contributed by atoms with Crippen LogP contribution in [0.3, 0.4) is 0 Å². The third-order valence-electron chi connectivity index (χ3n) is 4.25. The zero-order chi connectivity index (χ0) is 19.3. The highest BCUT2D eigenvalue weighted by molar-refractivity contribution is 7.98. The van der Waals surface area contributed by atoms with Crippen LogP contribution in [-0.2, 0) is 12.2 Å². The molecule has 0 aliphatic heterocycles. The van der Waals surface area contributed by atoms with Crippen molar-refractivity contribution < 1.29 is 9.15 Å². The fraction of sp³-hybridized carbons (Fsp3) is 0.190. The van der Waals surface area contributed by atoms with E-state index in [1.165, 1.54) is 17.3 Å². The first-order valence-corrected chi connectivity index (χ1v) is 10.8. The predicted octanol–water partition coefficient (Wildman–Crippen LogP) is 5.72. The molecule has 0 N–H and O–H groups in total. The van der Waals surface area contributed by atoms with Crippen LogP contribution in [0.1, 0.15) is 18.2 Å². The van der Waals surface area contributed by atoms with Gasteiger partial charge in [-0.25, -0.2) is 4.98 Å². The minimum absolute atomic E-state index is 0.500. The van der Waals surface area contributed by atoms with Crippen molar-refractivity contribution in [3.63, 3.8) is 0 Å². The Morgan fingerprint density at radius 2 is 1.75 bits per heavy atom. The van der Waals surface area contributed by atoms with Gasteiger partial charge in [0, 0.05) is 22.3 Å². The van der Waals surface area contributed by atoms with E-state index < -0.39 is 0 Å². The van der Waals surface area contributed by atoms with Gasteiger partial charge in [0.1, 0.15) is 10.8 Å². The number of thioether (sulfide) groups is 1. The number of hydrogen-bond acceptors (Lipinski definition) is 7. The molecule has 4 rings (SSSR count). The molecular formula is C21H19N3O2S2. The summed E-state index contributed by atoms with van der Waals surface area (Å²) in [5.41, 5.74) is 4.36. The number of aromatic nitrogens is 3. The highest BCUT2D eigenvalue weighted by Crippen LogP contribution is 2.29. The number of rotatable bonds is 7. The molecule has 0 amide bonds. The van der Waals surface area contributed by atoms with Gasteiger partial charge in [-0.05, 0) is 36.2 Å². The summed E-state index contributed by atoms with van der Waals surface area (Å²) in [4.78, 5) is 4.73. The molecule has 28 heavy (non-hydrogen) atoms. The first-order valence-electron chi connectivity index (χ1n) is 8.89. The first-order chi connectivity index (χ1) is 13.7. The average molecular weight is 410 g/mol. The largest absolute Gasteiger partial charge is 0.497 e. The maximum Gasteiger partial charge on any atom is 0.277 e. The summed E-state index contributed by atoms with van der Waals surface area (Å²) in [6.45, 7) is 2.16. The Labute approximate surface area is 171 Å². The topological polar surface area (TPSA) is 61.0 Å². The molecule has 0 bridgehead atoms. The lowest BCUT2D eigenvalue weighted by Crippen LogP contribution is -1.83. The minimum atomic E-state index is 0.500. The molecule has 0 spiro atoms. The lowest BCUT2D eigenvalue weighted by Gasteiger charge is -1.99. The fourth-order valence-electron chi connectivity index (χ4n) is 2.64. The summed E-state index contributed by atoms with van der Waals surface area (Å²) in [7, 11) is 1.64. The van der Waals surface area contributed by atoms with E-state index in [1.54, 1.807) is 18.4 Å². The van der Waals surface area contributed by atoms with Gasteiger partial charge in [0.05, 0.1) is 12.8 Å². The third-order valence-corrected chi connectivity index (χ3v) is 6.04. The van der Waals surface area contributed by atoms with Crippen molar-refractivity contribution in [1.82, 2.24) is 15.2 Å². The van der Waals surface area contributed by atoms with Crippen molar-refractivity contribution in [2.75, 3.05) is 7.11 Å². The predicted molar refractivity (Wildman–Crippen MR) is 113 cm³/mol. The first kappa shape index (κ1) is 18.7. The summed E-state index contributed by atoms with van der Waals surface area (Å²) >= 11 is 3.14. The van der Waals surface area contributed by atoms with Crippen molar-refractivity contribution in [3.05, 3.63) is 65.2 Å². The van der Waals surface area contributed by atoms with E-state index in [4.69, 9.17) is 14.1 Å². The van der Waals surface area contributed by atoms with Crippen LogP contribution in [0, 0.1) is 0 Å². The van der Waals surface area contributed by atoms with Gasteiger partial charge in [-0.1, -0.05) is 43.0 Å². The van der Waals surface area contributed by atoms with E-state index in [0.29, 0.717) is 16.9 Å². The second-order valence-corrected chi connectivity index (χ2v) is 7.87. The number of hydrogen-bond donors (Lipinski definition) is 0. The molecule has 0 aliphatic rings. The van der Waals surface area contributed by atoms with Crippen molar-refractivity contribution in [1.29, 1.82) is 0 Å². The molecule has 2 aromatic heterocycles. The molecule has 2 aromatic carbocycles. The summed E-state index contributed by atoms with van der Waals surface area (Å²) in [6, 6.07) is 16.1. The van der Waals surface area contributed by atoms with Gasteiger partial charge >= 0.3 is 0 Å². The van der Waals surface area contributed by atoms with E-state index >= 15 is 0 Å². The molecular weight excluding hydrogens is 390 g/mol. The van der Waals surface area contributed by atoms with Crippen LogP contribution in [0.4, 0.5) is 0 Å². The quantitative estimate of drug-likeness (QED) is 0.364. The summed E-state index contributed by atoms with van der Waals surface area (Å²) in [5.74, 6) is 1.98. The number of benzene rings is 2. The highest BCUT2D eigenvalue weighted by Gasteiger charge is 2.11. The Hall–Kier alpha value is -2.64. The van der Waals surface area contributed by atoms with Crippen LogP contribution in [0.5, 0.6) is 5.75 Å². The number of methoxy groups -OCH3 is 1. The summed E-state index contributed by atoms with van der Waals surface area (Å²) < 4.78 is 10.9. The molecule has 0 saturated carbocycles. The van der Waals surface area contributed by atoms with Gasteiger partial charge in [0.2, 0.25) is 5.89 Å². The number of ether oxygens (including phenoxy) is 1. The Bertz CT molecular complexity index is 954. The molecule has 0 aliphatic carbocycles. The minimum Gasteiger partial charge on any atom is -0.497 e. The number of aryl methyl sites for hydroxylation is 1. The van der Waals surface area contributed by atoms with Gasteiger partial charge in [-0.15, -0.1) is 21.5 Å². The van der Waals surface area contributed by atoms with E-state index in [1.807, 2.05) is 24.3 Å².